The van der Waals surface area contributed by atoms with Gasteiger partial charge in [0, 0.05) is 6.61 Å². The summed E-state index contributed by atoms with van der Waals surface area (Å²) >= 11 is 0. The summed E-state index contributed by atoms with van der Waals surface area (Å²) in [5, 5.41) is 0. The fourth-order valence-electron chi connectivity index (χ4n) is 3.09. The number of carbonyl (C=O) groups excluding carboxylic acids is 4. The van der Waals surface area contributed by atoms with Gasteiger partial charge in [-0.15, -0.1) is 0 Å². The Balaban J connectivity index is 3.65. The molecule has 10 nitrogen and oxygen atoms in total. The largest absolute Gasteiger partial charge is 0.490 e. The van der Waals surface area contributed by atoms with Crippen LogP contribution in [0.2, 0.25) is 0 Å². The van der Waals surface area contributed by atoms with Crippen molar-refractivity contribution in [2.45, 2.75) is 88.0 Å². The highest BCUT2D eigenvalue weighted by molar-refractivity contribution is 5.78. The minimum Gasteiger partial charge on any atom is -0.456 e. The maximum absolute atomic E-state index is 13.0. The number of halogens is 12. The highest BCUT2D eigenvalue weighted by Crippen LogP contribution is 2.34. The monoisotopic (exact) mass is 648 g/mol. The maximum atomic E-state index is 13.0. The van der Waals surface area contributed by atoms with Crippen molar-refractivity contribution in [1.82, 2.24) is 0 Å². The fraction of sp³-hybridized carbons (Fsp3) is 0.800. The lowest BCUT2D eigenvalue weighted by atomic mass is 9.98. The summed E-state index contributed by atoms with van der Waals surface area (Å²) in [7, 11) is 0. The molecule has 1 heterocycles. The molecule has 0 aromatic carbocycles. The van der Waals surface area contributed by atoms with E-state index in [2.05, 4.69) is 18.9 Å². The predicted octanol–water partition coefficient (Wildman–Crippen LogP) is 3.84. The van der Waals surface area contributed by atoms with Gasteiger partial charge in [0.15, 0.2) is 24.6 Å². The Morgan fingerprint density at radius 1 is 0.595 bits per heavy atom. The predicted molar refractivity (Wildman–Crippen MR) is 104 cm³/mol. The molecule has 42 heavy (non-hydrogen) atoms. The van der Waals surface area contributed by atoms with E-state index in [4.69, 9.17) is 9.47 Å². The zero-order valence-electron chi connectivity index (χ0n) is 20.7. The molecule has 0 saturated carbocycles. The normalized spacial score (nSPS) is 23.6. The lowest BCUT2D eigenvalue weighted by molar-refractivity contribution is -0.321. The van der Waals surface area contributed by atoms with Crippen LogP contribution in [0.1, 0.15) is 32.6 Å². The Morgan fingerprint density at radius 2 is 1.02 bits per heavy atom. The Kier molecular flexibility index (Phi) is 12.7. The van der Waals surface area contributed by atoms with Crippen LogP contribution >= 0.6 is 0 Å². The minimum absolute atomic E-state index is 0.0286. The third kappa shape index (κ3) is 11.3. The maximum Gasteiger partial charge on any atom is 0.490 e. The van der Waals surface area contributed by atoms with Gasteiger partial charge in [-0.3, -0.25) is 0 Å². The number of carbonyl (C=O) groups is 4. The number of hydrogen-bond donors (Lipinski definition) is 0. The van der Waals surface area contributed by atoms with Crippen LogP contribution < -0.4 is 0 Å². The van der Waals surface area contributed by atoms with Crippen LogP contribution in [0.5, 0.6) is 0 Å². The summed E-state index contributed by atoms with van der Waals surface area (Å²) in [6.45, 7) is -0.733. The number of hydrogen-bond acceptors (Lipinski definition) is 10. The average molecular weight is 648 g/mol. The zero-order valence-corrected chi connectivity index (χ0v) is 20.7. The molecular formula is C20H20F12O10. The van der Waals surface area contributed by atoms with E-state index in [0.717, 1.165) is 0 Å². The molecule has 0 aliphatic carbocycles. The lowest BCUT2D eigenvalue weighted by Crippen LogP contribution is -2.64. The van der Waals surface area contributed by atoms with Crippen LogP contribution in [0, 0.1) is 0 Å². The van der Waals surface area contributed by atoms with Gasteiger partial charge in [0.25, 0.3) is 0 Å². The smallest absolute Gasteiger partial charge is 0.456 e. The molecule has 0 N–H and O–H groups in total. The second kappa shape index (κ2) is 14.4. The molecule has 1 saturated heterocycles. The van der Waals surface area contributed by atoms with E-state index in [1.807, 2.05) is 0 Å². The SMILES string of the molecule is CCCCCCO[C@H]1O[C@@H](COC(=O)C(F)(F)F)[C@H](OC(=O)C(F)(F)F)[C@@H](OC(=O)C(F)(F)F)[C@@H]1OC(=O)C(F)(F)F. The van der Waals surface area contributed by atoms with Gasteiger partial charge >= 0.3 is 48.6 Å². The molecule has 0 aromatic heterocycles. The average Bonchev–Trinajstić information content (AvgIpc) is 2.82. The standard InChI is InChI=1S/C20H20F12O10/c1-2-3-4-5-6-37-12-11(42-16(36)20(30,31)32)10(41-15(35)19(27,28)29)9(40-14(34)18(24,25)26)8(39-12)7-38-13(33)17(21,22)23/h8-12H,2-7H2,1H3/t8-,9-,10+,11-,12-/m0/s1. The minimum atomic E-state index is -6.02. The second-order valence-corrected chi connectivity index (χ2v) is 8.17. The van der Waals surface area contributed by atoms with Gasteiger partial charge in [0.05, 0.1) is 0 Å². The van der Waals surface area contributed by atoms with Crippen molar-refractivity contribution in [2.75, 3.05) is 13.2 Å². The van der Waals surface area contributed by atoms with Crippen molar-refractivity contribution in [3.63, 3.8) is 0 Å². The van der Waals surface area contributed by atoms with Gasteiger partial charge in [-0.2, -0.15) is 52.7 Å². The first-order valence-corrected chi connectivity index (χ1v) is 11.3. The molecule has 0 amide bonds. The summed E-state index contributed by atoms with van der Waals surface area (Å²) in [5.41, 5.74) is 0. The van der Waals surface area contributed by atoms with Gasteiger partial charge < -0.3 is 28.4 Å². The first-order chi connectivity index (χ1) is 19.0. The number of unbranched alkanes of at least 4 members (excludes halogenated alkanes) is 3. The number of alkyl halides is 12. The van der Waals surface area contributed by atoms with Gasteiger partial charge in [-0.25, -0.2) is 19.2 Å². The van der Waals surface area contributed by atoms with Crippen molar-refractivity contribution < 1.29 is 100 Å². The van der Waals surface area contributed by atoms with Crippen molar-refractivity contribution >= 4 is 23.9 Å². The third-order valence-electron chi connectivity index (χ3n) is 4.91. The molecule has 0 unspecified atom stereocenters. The summed E-state index contributed by atoms with van der Waals surface area (Å²) in [6, 6.07) is 0. The summed E-state index contributed by atoms with van der Waals surface area (Å²) < 4.78 is 179. The van der Waals surface area contributed by atoms with E-state index in [9.17, 15) is 71.9 Å². The van der Waals surface area contributed by atoms with Crippen LogP contribution in [0.3, 0.4) is 0 Å². The van der Waals surface area contributed by atoms with E-state index in [-0.39, 0.29) is 6.42 Å². The first-order valence-electron chi connectivity index (χ1n) is 11.3. The van der Waals surface area contributed by atoms with E-state index in [0.29, 0.717) is 19.3 Å². The topological polar surface area (TPSA) is 124 Å². The Hall–Kier alpha value is -3.04. The van der Waals surface area contributed by atoms with Crippen molar-refractivity contribution in [3.05, 3.63) is 0 Å². The quantitative estimate of drug-likeness (QED) is 0.141. The van der Waals surface area contributed by atoms with Crippen LogP contribution in [0.15, 0.2) is 0 Å². The molecule has 0 bridgehead atoms. The van der Waals surface area contributed by atoms with Crippen LogP contribution in [-0.2, 0) is 47.6 Å². The Labute approximate surface area is 226 Å². The van der Waals surface area contributed by atoms with Crippen LogP contribution in [0.25, 0.3) is 0 Å². The van der Waals surface area contributed by atoms with E-state index < -0.39 is 92.5 Å². The van der Waals surface area contributed by atoms with Crippen LogP contribution in [0.4, 0.5) is 52.7 Å². The van der Waals surface area contributed by atoms with Crippen molar-refractivity contribution in [3.8, 4) is 0 Å². The van der Waals surface area contributed by atoms with Gasteiger partial charge in [0.2, 0.25) is 0 Å². The van der Waals surface area contributed by atoms with Crippen molar-refractivity contribution in [1.29, 1.82) is 0 Å². The fourth-order valence-corrected chi connectivity index (χ4v) is 3.09. The molecule has 1 fully saturated rings. The molecule has 5 atom stereocenters. The number of ether oxygens (including phenoxy) is 6. The summed E-state index contributed by atoms with van der Waals surface area (Å²) in [6.07, 6.45) is -37.1. The molecule has 244 valence electrons. The van der Waals surface area contributed by atoms with E-state index in [1.54, 1.807) is 6.92 Å². The molecule has 0 radical (unpaired) electrons. The highest BCUT2D eigenvalue weighted by atomic mass is 19.4. The molecule has 0 spiro atoms. The molecular weight excluding hydrogens is 628 g/mol. The molecule has 1 aliphatic rings. The Bertz CT molecular complexity index is 944. The second-order valence-electron chi connectivity index (χ2n) is 8.17. The molecule has 22 heteroatoms. The number of esters is 4. The van der Waals surface area contributed by atoms with Crippen molar-refractivity contribution in [2.24, 2.45) is 0 Å². The Morgan fingerprint density at radius 3 is 1.45 bits per heavy atom. The van der Waals surface area contributed by atoms with Gasteiger partial charge in [-0.05, 0) is 6.42 Å². The van der Waals surface area contributed by atoms with E-state index in [1.165, 1.54) is 0 Å². The van der Waals surface area contributed by atoms with Gasteiger partial charge in [0.1, 0.15) is 12.7 Å². The molecule has 1 rings (SSSR count). The van der Waals surface area contributed by atoms with Gasteiger partial charge in [-0.1, -0.05) is 26.2 Å². The molecule has 1 aliphatic heterocycles. The molecule has 0 aromatic rings. The van der Waals surface area contributed by atoms with E-state index >= 15 is 0 Å². The van der Waals surface area contributed by atoms with Crippen LogP contribution in [-0.4, -0.2) is 92.5 Å². The first kappa shape index (κ1) is 37.0. The summed E-state index contributed by atoms with van der Waals surface area (Å²) in [5.74, 6) is -12.9. The zero-order chi connectivity index (χ0) is 32.7. The summed E-state index contributed by atoms with van der Waals surface area (Å²) in [4.78, 5) is 45.6. The highest BCUT2D eigenvalue weighted by Gasteiger charge is 2.59. The lowest BCUT2D eigenvalue weighted by Gasteiger charge is -2.44. The number of rotatable bonds is 11. The third-order valence-corrected chi connectivity index (χ3v) is 4.91.